The molecule has 0 atom stereocenters. The zero-order valence-corrected chi connectivity index (χ0v) is 36.1. The summed E-state index contributed by atoms with van der Waals surface area (Å²) in [6.45, 7) is 1.55. The van der Waals surface area contributed by atoms with Gasteiger partial charge in [-0.1, -0.05) is 97.7 Å². The second-order valence-corrected chi connectivity index (χ2v) is 17.5. The SMILES string of the molecule is [B]c1c([B])c(C(F)(F)F)c([B])c([B])c1-c1c([B])c([B])c(C([B])([B])N(CCN(C([B])([B])C)C([B])([B])C)C(=O)C([B])([B])n2c(SC([B])([B])c3ccc(F)cc3)nc(=O)c3c2CCC3)c([B])c1[B]. The Morgan fingerprint density at radius 3 is 1.57 bits per heavy atom. The molecule has 0 aliphatic heterocycles. The van der Waals surface area contributed by atoms with Gasteiger partial charge < -0.3 is 14.4 Å². The number of rotatable bonds is 13. The first-order chi connectivity index (χ1) is 29.5. The summed E-state index contributed by atoms with van der Waals surface area (Å²) in [6.07, 6.45) is -4.34. The van der Waals surface area contributed by atoms with Crippen LogP contribution in [0.25, 0.3) is 11.1 Å². The Kier molecular flexibility index (Phi) is 14.9. The van der Waals surface area contributed by atoms with Gasteiger partial charge in [0, 0.05) is 35.2 Å². The summed E-state index contributed by atoms with van der Waals surface area (Å²) in [7, 11) is 116. The lowest BCUT2D eigenvalue weighted by Gasteiger charge is -2.52. The first kappa shape index (κ1) is 53.2. The lowest BCUT2D eigenvalue weighted by molar-refractivity contribution is -0.137. The molecule has 0 unspecified atom stereocenters. The van der Waals surface area contributed by atoms with Gasteiger partial charge >= 0.3 is 6.18 Å². The van der Waals surface area contributed by atoms with E-state index in [1.807, 2.05) is 0 Å². The number of fused-ring (bicyclic) bond motifs is 1. The minimum Gasteiger partial charge on any atom is -0.348 e. The van der Waals surface area contributed by atoms with Gasteiger partial charge in [-0.2, -0.15) is 18.2 Å². The van der Waals surface area contributed by atoms with Crippen molar-refractivity contribution in [3.05, 3.63) is 68.4 Å². The van der Waals surface area contributed by atoms with E-state index in [-0.39, 0.29) is 34.8 Å². The number of aromatic nitrogens is 2. The molecule has 36 radical (unpaired) electrons. The number of carbonyl (C=O) groups excluding carboxylic acids is 1. The number of benzene rings is 3. The largest absolute Gasteiger partial charge is 0.415 e. The highest BCUT2D eigenvalue weighted by Crippen LogP contribution is 2.39. The van der Waals surface area contributed by atoms with Crippen molar-refractivity contribution >= 4 is 203 Å². The fourth-order valence-corrected chi connectivity index (χ4v) is 8.97. The van der Waals surface area contributed by atoms with Crippen LogP contribution in [-0.2, 0) is 39.0 Å². The molecule has 3 aromatic carbocycles. The molecule has 65 heavy (non-hydrogen) atoms. The standard InChI is InChI=1S/C36H20B18F4N4O2S/c1-31(45,46)61(32(2,47)48)11-10-60(29(64)34(51,52)62-15-5-3-4-14(15)28(63)59-30(62)65-35(53,54)12-6-8-13(55)9-7-12)33(49,50)18-24(41)20(37)16(21(38)25(18)42)17-22(39)26(43)19(36(56,57)58)27(44)23(17)40/h6-9H,3-5,10-11H2,1-2H3. The van der Waals surface area contributed by atoms with Crippen molar-refractivity contribution in [3.8, 4) is 11.1 Å². The monoisotopic (exact) mass is 846 g/mol. The molecule has 1 aliphatic rings. The van der Waals surface area contributed by atoms with E-state index < -0.39 is 128 Å². The molecule has 1 aromatic heterocycles. The molecule has 0 bridgehead atoms. The van der Waals surface area contributed by atoms with E-state index in [0.29, 0.717) is 23.1 Å². The van der Waals surface area contributed by atoms with Gasteiger partial charge in [-0.3, -0.25) is 9.59 Å². The summed E-state index contributed by atoms with van der Waals surface area (Å²) in [4.78, 5) is 34.8. The summed E-state index contributed by atoms with van der Waals surface area (Å²) in [5.74, 6) is -1.94. The maximum absolute atomic E-state index is 15.4. The Balaban J connectivity index is 1.78. The van der Waals surface area contributed by atoms with Gasteiger partial charge in [0.05, 0.1) is 62.8 Å². The van der Waals surface area contributed by atoms with Crippen molar-refractivity contribution in [2.24, 2.45) is 0 Å². The number of amides is 1. The molecule has 0 spiro atoms. The predicted molar refractivity (Wildman–Crippen MR) is 267 cm³/mol. The van der Waals surface area contributed by atoms with Crippen molar-refractivity contribution in [1.29, 1.82) is 0 Å². The number of carbonyl (C=O) groups is 1. The fourth-order valence-electron chi connectivity index (χ4n) is 7.93. The maximum atomic E-state index is 15.4. The van der Waals surface area contributed by atoms with Crippen LogP contribution in [0.4, 0.5) is 17.6 Å². The molecule has 0 saturated heterocycles. The number of hydrogen-bond acceptors (Lipinski definition) is 5. The molecular weight excluding hydrogens is 823 g/mol. The van der Waals surface area contributed by atoms with E-state index in [9.17, 15) is 22.4 Å². The Morgan fingerprint density at radius 2 is 1.14 bits per heavy atom. The lowest BCUT2D eigenvalue weighted by atomic mass is 9.48. The fraction of sp³-hybridized carbons (Fsp3) is 0.361. The molecule has 4 aromatic rings. The summed E-state index contributed by atoms with van der Waals surface area (Å²) < 4.78 is 55.0. The van der Waals surface area contributed by atoms with Crippen LogP contribution in [0.3, 0.4) is 0 Å². The van der Waals surface area contributed by atoms with Crippen LogP contribution in [0.15, 0.2) is 34.2 Å². The van der Waals surface area contributed by atoms with Crippen molar-refractivity contribution in [1.82, 2.24) is 19.4 Å². The second-order valence-electron chi connectivity index (χ2n) is 16.2. The Labute approximate surface area is 405 Å². The van der Waals surface area contributed by atoms with Crippen LogP contribution in [0, 0.1) is 5.82 Å². The zero-order chi connectivity index (χ0) is 49.5. The first-order valence-electron chi connectivity index (χ1n) is 19.2. The normalized spacial score (nSPS) is 13.8. The minimum absolute atomic E-state index is 0.143. The van der Waals surface area contributed by atoms with E-state index in [1.54, 1.807) is 0 Å². The number of alkyl halides is 3. The van der Waals surface area contributed by atoms with E-state index in [1.165, 1.54) is 26.0 Å². The Morgan fingerprint density at radius 1 is 0.692 bits per heavy atom. The van der Waals surface area contributed by atoms with Crippen molar-refractivity contribution in [3.63, 3.8) is 0 Å². The number of halogens is 4. The molecule has 0 N–H and O–H groups in total. The van der Waals surface area contributed by atoms with E-state index in [2.05, 4.69) is 4.98 Å². The summed E-state index contributed by atoms with van der Waals surface area (Å²) in [5.41, 5.74) is -9.10. The van der Waals surface area contributed by atoms with E-state index in [0.717, 1.165) is 21.6 Å². The average Bonchev–Trinajstić information content (AvgIpc) is 3.64. The van der Waals surface area contributed by atoms with Crippen LogP contribution < -0.4 is 49.3 Å². The van der Waals surface area contributed by atoms with Gasteiger partial charge in [0.1, 0.15) is 84.3 Å². The second kappa shape index (κ2) is 18.3. The molecule has 1 heterocycles. The lowest BCUT2D eigenvalue weighted by Crippen LogP contribution is -2.67. The van der Waals surface area contributed by atoms with Gasteiger partial charge in [0.2, 0.25) is 5.91 Å². The zero-order valence-electron chi connectivity index (χ0n) is 35.3. The van der Waals surface area contributed by atoms with Crippen LogP contribution in [0.5, 0.6) is 0 Å². The quantitative estimate of drug-likeness (QED) is 0.0581. The van der Waals surface area contributed by atoms with Crippen LogP contribution in [-0.4, -0.2) is 190 Å². The number of nitrogens with zero attached hydrogens (tertiary/aromatic N) is 4. The number of hydrogen-bond donors (Lipinski definition) is 0. The predicted octanol–water partition coefficient (Wildman–Crippen LogP) is -7.61. The maximum Gasteiger partial charge on any atom is 0.415 e. The molecule has 6 nitrogen and oxygen atoms in total. The smallest absolute Gasteiger partial charge is 0.348 e. The molecule has 0 saturated carbocycles. The minimum atomic E-state index is -5.10. The Bertz CT molecular complexity index is 2550. The van der Waals surface area contributed by atoms with Crippen LogP contribution >= 0.6 is 11.8 Å². The Hall–Kier alpha value is -2.79. The molecule has 1 amide bonds. The van der Waals surface area contributed by atoms with E-state index >= 15 is 4.79 Å². The van der Waals surface area contributed by atoms with Crippen LogP contribution in [0.1, 0.15) is 48.2 Å². The van der Waals surface area contributed by atoms with Crippen molar-refractivity contribution in [2.45, 2.75) is 70.3 Å². The third kappa shape index (κ3) is 9.90. The van der Waals surface area contributed by atoms with Gasteiger partial charge in [-0.25, -0.2) is 4.39 Å². The molecule has 0 fully saturated rings. The molecule has 284 valence electrons. The van der Waals surface area contributed by atoms with Crippen molar-refractivity contribution < 1.29 is 22.4 Å². The molecular formula is C36H20B18F4N4O2S. The molecule has 5 rings (SSSR count). The first-order valence-corrected chi connectivity index (χ1v) is 20.0. The summed E-state index contributed by atoms with van der Waals surface area (Å²) >= 11 is 0.555. The van der Waals surface area contributed by atoms with Crippen LogP contribution in [0.2, 0.25) is 0 Å². The number of thioether (sulfide) groups is 1. The third-order valence-corrected chi connectivity index (χ3v) is 12.1. The highest BCUT2D eigenvalue weighted by atomic mass is 32.2. The molecule has 29 heteroatoms. The highest BCUT2D eigenvalue weighted by molar-refractivity contribution is 8.02. The highest BCUT2D eigenvalue weighted by Gasteiger charge is 2.45. The third-order valence-electron chi connectivity index (χ3n) is 11.0. The summed E-state index contributed by atoms with van der Waals surface area (Å²) in [5, 5.41) is -9.59. The summed E-state index contributed by atoms with van der Waals surface area (Å²) in [6, 6.07) is 4.78. The average molecular weight is 843 g/mol. The van der Waals surface area contributed by atoms with Crippen molar-refractivity contribution in [2.75, 3.05) is 13.1 Å². The van der Waals surface area contributed by atoms with Gasteiger partial charge in [0.25, 0.3) is 5.56 Å². The van der Waals surface area contributed by atoms with Gasteiger partial charge in [-0.05, 0) is 58.0 Å². The van der Waals surface area contributed by atoms with E-state index in [4.69, 9.17) is 141 Å². The van der Waals surface area contributed by atoms with Gasteiger partial charge in [-0.15, -0.1) is 0 Å². The molecule has 1 aliphatic carbocycles. The topological polar surface area (TPSA) is 58.4 Å². The van der Waals surface area contributed by atoms with Gasteiger partial charge in [0.15, 0.2) is 5.16 Å².